The summed E-state index contributed by atoms with van der Waals surface area (Å²) < 4.78 is 19.7. The van der Waals surface area contributed by atoms with Gasteiger partial charge in [0, 0.05) is 22.8 Å². The molecule has 0 bridgehead atoms. The van der Waals surface area contributed by atoms with Crippen LogP contribution in [0.5, 0.6) is 0 Å². The summed E-state index contributed by atoms with van der Waals surface area (Å²) in [4.78, 5) is 12.0. The molecule has 2 aromatic carbocycles. The van der Waals surface area contributed by atoms with Gasteiger partial charge in [0.1, 0.15) is 12.7 Å². The van der Waals surface area contributed by atoms with Gasteiger partial charge in [-0.1, -0.05) is 49.6 Å². The van der Waals surface area contributed by atoms with Crippen molar-refractivity contribution in [2.24, 2.45) is 0 Å². The van der Waals surface area contributed by atoms with Crippen LogP contribution in [-0.4, -0.2) is 17.4 Å². The Morgan fingerprint density at radius 1 is 1.00 bits per heavy atom. The van der Waals surface area contributed by atoms with Crippen molar-refractivity contribution in [2.45, 2.75) is 70.3 Å². The van der Waals surface area contributed by atoms with Crippen LogP contribution in [-0.2, 0) is 15.5 Å². The van der Waals surface area contributed by atoms with Gasteiger partial charge in [-0.05, 0) is 63.4 Å². The van der Waals surface area contributed by atoms with E-state index >= 15 is 0 Å². The van der Waals surface area contributed by atoms with Crippen molar-refractivity contribution in [3.63, 3.8) is 0 Å². The first kappa shape index (κ1) is 21.6. The maximum absolute atomic E-state index is 14.3. The summed E-state index contributed by atoms with van der Waals surface area (Å²) in [6.07, 6.45) is 5.72. The average Bonchev–Trinajstić information content (AvgIpc) is 2.68. The number of amides is 1. The molecule has 0 radical (unpaired) electrons. The summed E-state index contributed by atoms with van der Waals surface area (Å²) in [6, 6.07) is 17.6. The van der Waals surface area contributed by atoms with E-state index in [2.05, 4.69) is 17.4 Å². The fourth-order valence-corrected chi connectivity index (χ4v) is 7.47. The maximum Gasteiger partial charge on any atom is 0.412 e. The standard InChI is InChI=1S/C24H32NO3P/c1-24(2,3)28-23(26)25-20-14-16-22(17-15-20)29(27,21-12-8-5-9-13-21)18-19-10-6-4-7-11-19/h4,6-7,10-11,14-17,21H,5,8-9,12-13,18H2,1-3H3,(H,25,26). The number of nitrogens with one attached hydrogen (secondary N) is 1. The van der Waals surface area contributed by atoms with E-state index in [1.165, 1.54) is 6.42 Å². The fraction of sp³-hybridized carbons (Fsp3) is 0.458. The Morgan fingerprint density at radius 3 is 2.21 bits per heavy atom. The molecule has 1 atom stereocenters. The molecule has 29 heavy (non-hydrogen) atoms. The molecule has 1 unspecified atom stereocenters. The first-order valence-corrected chi connectivity index (χ1v) is 12.5. The zero-order valence-electron chi connectivity index (χ0n) is 17.7. The van der Waals surface area contributed by atoms with Crippen molar-refractivity contribution in [2.75, 3.05) is 5.32 Å². The van der Waals surface area contributed by atoms with Gasteiger partial charge in [-0.2, -0.15) is 0 Å². The quantitative estimate of drug-likeness (QED) is 0.565. The Bertz CT molecular complexity index is 850. The van der Waals surface area contributed by atoms with Crippen molar-refractivity contribution < 1.29 is 14.1 Å². The normalized spacial score (nSPS) is 17.3. The second kappa shape index (κ2) is 9.17. The monoisotopic (exact) mass is 413 g/mol. The molecule has 0 saturated heterocycles. The van der Waals surface area contributed by atoms with E-state index in [0.29, 0.717) is 11.8 Å². The van der Waals surface area contributed by atoms with Gasteiger partial charge in [-0.25, -0.2) is 4.79 Å². The van der Waals surface area contributed by atoms with E-state index in [1.54, 1.807) is 0 Å². The lowest BCUT2D eigenvalue weighted by molar-refractivity contribution is 0.0636. The Labute approximate surface area is 174 Å². The van der Waals surface area contributed by atoms with Gasteiger partial charge in [-0.3, -0.25) is 5.32 Å². The molecule has 156 valence electrons. The Kier molecular flexibility index (Phi) is 6.85. The smallest absolute Gasteiger partial charge is 0.412 e. The maximum atomic E-state index is 14.3. The SMILES string of the molecule is CC(C)(C)OC(=O)Nc1ccc(P(=O)(Cc2ccccc2)C2CCCCC2)cc1. The third-order valence-electron chi connectivity index (χ3n) is 5.37. The summed E-state index contributed by atoms with van der Waals surface area (Å²) in [5.41, 5.74) is 1.47. The zero-order chi connectivity index (χ0) is 20.9. The second-order valence-corrected chi connectivity index (χ2v) is 12.1. The summed E-state index contributed by atoms with van der Waals surface area (Å²) in [5, 5.41) is 3.66. The third-order valence-corrected chi connectivity index (χ3v) is 9.08. The topological polar surface area (TPSA) is 55.4 Å². The molecule has 0 spiro atoms. The van der Waals surface area contributed by atoms with Gasteiger partial charge in [0.25, 0.3) is 0 Å². The van der Waals surface area contributed by atoms with Crippen molar-refractivity contribution in [3.8, 4) is 0 Å². The van der Waals surface area contributed by atoms with Gasteiger partial charge < -0.3 is 9.30 Å². The van der Waals surface area contributed by atoms with Crippen LogP contribution in [0.3, 0.4) is 0 Å². The second-order valence-electron chi connectivity index (χ2n) is 8.90. The third kappa shape index (κ3) is 5.96. The van der Waals surface area contributed by atoms with Crippen LogP contribution in [0.1, 0.15) is 58.4 Å². The molecule has 2 aromatic rings. The molecule has 0 aliphatic heterocycles. The number of carbonyl (C=O) groups excluding carboxylic acids is 1. The first-order chi connectivity index (χ1) is 13.8. The minimum absolute atomic E-state index is 0.237. The predicted octanol–water partition coefficient (Wildman–Crippen LogP) is 6.55. The highest BCUT2D eigenvalue weighted by Crippen LogP contribution is 2.57. The van der Waals surface area contributed by atoms with Crippen LogP contribution in [0.4, 0.5) is 10.5 Å². The zero-order valence-corrected chi connectivity index (χ0v) is 18.6. The molecule has 1 fully saturated rings. The molecular weight excluding hydrogens is 381 g/mol. The molecule has 0 heterocycles. The van der Waals surface area contributed by atoms with Crippen molar-refractivity contribution >= 4 is 24.2 Å². The van der Waals surface area contributed by atoms with Crippen LogP contribution >= 0.6 is 7.14 Å². The fourth-order valence-electron chi connectivity index (χ4n) is 4.00. The number of benzene rings is 2. The minimum Gasteiger partial charge on any atom is -0.444 e. The summed E-state index contributed by atoms with van der Waals surface area (Å²) in [6.45, 7) is 5.50. The Morgan fingerprint density at radius 2 is 1.62 bits per heavy atom. The van der Waals surface area contributed by atoms with Crippen molar-refractivity contribution in [1.29, 1.82) is 0 Å². The lowest BCUT2D eigenvalue weighted by Gasteiger charge is -2.31. The lowest BCUT2D eigenvalue weighted by atomic mass is 10.0. The number of ether oxygens (including phenoxy) is 1. The first-order valence-electron chi connectivity index (χ1n) is 10.5. The largest absolute Gasteiger partial charge is 0.444 e. The van der Waals surface area contributed by atoms with E-state index in [4.69, 9.17) is 4.74 Å². The molecule has 1 aliphatic carbocycles. The van der Waals surface area contributed by atoms with Gasteiger partial charge >= 0.3 is 6.09 Å². The van der Waals surface area contributed by atoms with Crippen molar-refractivity contribution in [1.82, 2.24) is 0 Å². The molecule has 4 nitrogen and oxygen atoms in total. The number of rotatable bonds is 5. The molecule has 1 N–H and O–H groups in total. The van der Waals surface area contributed by atoms with Crippen molar-refractivity contribution in [3.05, 3.63) is 60.2 Å². The number of carbonyl (C=O) groups is 1. The molecular formula is C24H32NO3P. The van der Waals surface area contributed by atoms with E-state index in [1.807, 2.05) is 63.2 Å². The van der Waals surface area contributed by atoms with E-state index in [0.717, 1.165) is 36.6 Å². The van der Waals surface area contributed by atoms with Gasteiger partial charge in [0.2, 0.25) is 0 Å². The molecule has 0 aromatic heterocycles. The Hall–Kier alpha value is -2.06. The summed E-state index contributed by atoms with van der Waals surface area (Å²) in [7, 11) is -2.60. The number of anilines is 1. The number of hydrogen-bond acceptors (Lipinski definition) is 3. The van der Waals surface area contributed by atoms with Gasteiger partial charge in [-0.15, -0.1) is 0 Å². The lowest BCUT2D eigenvalue weighted by Crippen LogP contribution is -2.27. The minimum atomic E-state index is -2.60. The highest BCUT2D eigenvalue weighted by atomic mass is 31.2. The van der Waals surface area contributed by atoms with Gasteiger partial charge in [0.05, 0.1) is 0 Å². The van der Waals surface area contributed by atoms with E-state index in [9.17, 15) is 9.36 Å². The molecule has 1 saturated carbocycles. The predicted molar refractivity (Wildman–Crippen MR) is 121 cm³/mol. The summed E-state index contributed by atoms with van der Waals surface area (Å²) >= 11 is 0. The molecule has 3 rings (SSSR count). The van der Waals surface area contributed by atoms with Crippen LogP contribution in [0.15, 0.2) is 54.6 Å². The highest BCUT2D eigenvalue weighted by Gasteiger charge is 2.35. The summed E-state index contributed by atoms with van der Waals surface area (Å²) in [5.74, 6) is 0. The van der Waals surface area contributed by atoms with E-state index in [-0.39, 0.29) is 5.66 Å². The Balaban J connectivity index is 1.82. The number of hydrogen-bond donors (Lipinski definition) is 1. The molecule has 1 amide bonds. The molecule has 1 aliphatic rings. The van der Waals surface area contributed by atoms with Crippen LogP contribution in [0, 0.1) is 0 Å². The van der Waals surface area contributed by atoms with Crippen LogP contribution < -0.4 is 10.6 Å². The van der Waals surface area contributed by atoms with Gasteiger partial charge in [0.15, 0.2) is 0 Å². The average molecular weight is 413 g/mol. The van der Waals surface area contributed by atoms with E-state index < -0.39 is 18.8 Å². The highest BCUT2D eigenvalue weighted by molar-refractivity contribution is 7.71. The van der Waals surface area contributed by atoms with Crippen LogP contribution in [0.25, 0.3) is 0 Å². The van der Waals surface area contributed by atoms with Crippen LogP contribution in [0.2, 0.25) is 0 Å². The molecule has 5 heteroatoms.